The van der Waals surface area contributed by atoms with E-state index in [1.54, 1.807) is 6.92 Å². The van der Waals surface area contributed by atoms with Crippen molar-refractivity contribution in [2.75, 3.05) is 20.3 Å². The highest BCUT2D eigenvalue weighted by Crippen LogP contribution is 2.05. The van der Waals surface area contributed by atoms with E-state index in [0.717, 1.165) is 12.8 Å². The molecule has 0 aromatic heterocycles. The Morgan fingerprint density at radius 1 is 1.26 bits per heavy atom. The van der Waals surface area contributed by atoms with Gasteiger partial charge in [0.2, 0.25) is 0 Å². The Bertz CT molecular complexity index is 333. The number of hydrogen-bond acceptors (Lipinski definition) is 4. The monoisotopic (exact) mass is 269 g/mol. The van der Waals surface area contributed by atoms with Gasteiger partial charge in [-0.25, -0.2) is 9.59 Å². The molecule has 0 N–H and O–H groups in total. The van der Waals surface area contributed by atoms with E-state index in [1.165, 1.54) is 11.9 Å². The van der Waals surface area contributed by atoms with Crippen molar-refractivity contribution in [3.8, 4) is 12.3 Å². The minimum absolute atomic E-state index is 0.112. The van der Waals surface area contributed by atoms with Crippen LogP contribution in [0.2, 0.25) is 0 Å². The second kappa shape index (κ2) is 9.26. The molecule has 1 atom stereocenters. The van der Waals surface area contributed by atoms with Crippen LogP contribution in [0.5, 0.6) is 0 Å². The van der Waals surface area contributed by atoms with Crippen LogP contribution in [0, 0.1) is 18.3 Å². The van der Waals surface area contributed by atoms with Crippen LogP contribution in [-0.4, -0.2) is 43.3 Å². The van der Waals surface area contributed by atoms with Crippen molar-refractivity contribution in [1.82, 2.24) is 4.90 Å². The van der Waals surface area contributed by atoms with Crippen molar-refractivity contribution >= 4 is 12.1 Å². The highest BCUT2D eigenvalue weighted by molar-refractivity contribution is 5.80. The van der Waals surface area contributed by atoms with E-state index in [1.807, 2.05) is 0 Å². The summed E-state index contributed by atoms with van der Waals surface area (Å²) in [4.78, 5) is 24.3. The molecule has 0 aromatic rings. The maximum Gasteiger partial charge on any atom is 0.411 e. The van der Waals surface area contributed by atoms with Crippen molar-refractivity contribution < 1.29 is 19.1 Å². The van der Waals surface area contributed by atoms with Gasteiger partial charge in [-0.1, -0.05) is 19.8 Å². The highest BCUT2D eigenvalue weighted by Gasteiger charge is 2.24. The number of esters is 1. The van der Waals surface area contributed by atoms with Crippen molar-refractivity contribution in [1.29, 1.82) is 0 Å². The third-order valence-corrected chi connectivity index (χ3v) is 2.66. The van der Waals surface area contributed by atoms with Gasteiger partial charge in [-0.05, 0) is 25.7 Å². The zero-order valence-corrected chi connectivity index (χ0v) is 12.1. The number of nitrogens with zero attached hydrogens (tertiary/aromatic N) is 1. The molecule has 19 heavy (non-hydrogen) atoms. The minimum Gasteiger partial charge on any atom is -0.464 e. The lowest BCUT2D eigenvalue weighted by Gasteiger charge is -2.22. The normalized spacial score (nSPS) is 11.6. The summed E-state index contributed by atoms with van der Waals surface area (Å²) in [6.45, 7) is 6.06. The molecular formula is C14H23NO4. The van der Waals surface area contributed by atoms with Crippen molar-refractivity contribution in [2.45, 2.75) is 39.7 Å². The Labute approximate surface area is 115 Å². The third-order valence-electron chi connectivity index (χ3n) is 2.66. The molecule has 0 saturated carbocycles. The average molecular weight is 269 g/mol. The van der Waals surface area contributed by atoms with Crippen LogP contribution in [0.25, 0.3) is 0 Å². The molecule has 0 saturated heterocycles. The lowest BCUT2D eigenvalue weighted by molar-refractivity contribution is -0.148. The molecule has 0 rings (SSSR count). The summed E-state index contributed by atoms with van der Waals surface area (Å²) < 4.78 is 9.83. The van der Waals surface area contributed by atoms with Gasteiger partial charge in [-0.15, -0.1) is 6.42 Å². The summed E-state index contributed by atoms with van der Waals surface area (Å²) in [5, 5.41) is 0. The SMILES string of the molecule is C#CCOC(=O)N(C)C(C)C(=O)OCCCC(C)C. The Kier molecular flexibility index (Phi) is 8.43. The highest BCUT2D eigenvalue weighted by atomic mass is 16.6. The molecule has 0 aliphatic heterocycles. The molecular weight excluding hydrogens is 246 g/mol. The van der Waals surface area contributed by atoms with Gasteiger partial charge in [0.05, 0.1) is 6.61 Å². The fourth-order valence-electron chi connectivity index (χ4n) is 1.31. The number of carbonyl (C=O) groups is 2. The minimum atomic E-state index is -0.690. The number of ether oxygens (including phenoxy) is 2. The predicted molar refractivity (Wildman–Crippen MR) is 72.4 cm³/mol. The van der Waals surface area contributed by atoms with Gasteiger partial charge in [0.15, 0.2) is 6.61 Å². The average Bonchev–Trinajstić information content (AvgIpc) is 2.38. The zero-order chi connectivity index (χ0) is 14.8. The van der Waals surface area contributed by atoms with E-state index in [4.69, 9.17) is 15.9 Å². The van der Waals surface area contributed by atoms with Gasteiger partial charge in [0.1, 0.15) is 6.04 Å². The van der Waals surface area contributed by atoms with Crippen LogP contribution in [0.3, 0.4) is 0 Å². The number of hydrogen-bond donors (Lipinski definition) is 0. The summed E-state index contributed by atoms with van der Waals surface area (Å²) in [5.74, 6) is 2.33. The van der Waals surface area contributed by atoms with Crippen LogP contribution in [0.1, 0.15) is 33.6 Å². The lowest BCUT2D eigenvalue weighted by Crippen LogP contribution is -2.41. The molecule has 0 bridgehead atoms. The van der Waals surface area contributed by atoms with E-state index in [-0.39, 0.29) is 6.61 Å². The number of carbonyl (C=O) groups excluding carboxylic acids is 2. The number of likely N-dealkylation sites (N-methyl/N-ethyl adjacent to an activating group) is 1. The Morgan fingerprint density at radius 3 is 2.42 bits per heavy atom. The van der Waals surface area contributed by atoms with E-state index in [2.05, 4.69) is 19.8 Å². The topological polar surface area (TPSA) is 55.8 Å². The van der Waals surface area contributed by atoms with Crippen LogP contribution >= 0.6 is 0 Å². The van der Waals surface area contributed by atoms with Gasteiger partial charge < -0.3 is 9.47 Å². The first-order valence-corrected chi connectivity index (χ1v) is 6.39. The van der Waals surface area contributed by atoms with Crippen LogP contribution in [0.15, 0.2) is 0 Å². The number of rotatable bonds is 7. The first kappa shape index (κ1) is 17.3. The van der Waals surface area contributed by atoms with Crippen molar-refractivity contribution in [3.05, 3.63) is 0 Å². The molecule has 0 spiro atoms. The van der Waals surface area contributed by atoms with Crippen LogP contribution in [-0.2, 0) is 14.3 Å². The fraction of sp³-hybridized carbons (Fsp3) is 0.714. The predicted octanol–water partition coefficient (Wildman–Crippen LogP) is 2.06. The third kappa shape index (κ3) is 7.35. The van der Waals surface area contributed by atoms with Gasteiger partial charge in [-0.2, -0.15) is 0 Å². The number of terminal acetylenes is 1. The summed E-state index contributed by atoms with van der Waals surface area (Å²) in [6, 6.07) is -0.690. The summed E-state index contributed by atoms with van der Waals surface area (Å²) in [5.41, 5.74) is 0. The fourth-order valence-corrected chi connectivity index (χ4v) is 1.31. The molecule has 5 heteroatoms. The van der Waals surface area contributed by atoms with Gasteiger partial charge in [0.25, 0.3) is 0 Å². The summed E-state index contributed by atoms with van der Waals surface area (Å²) >= 11 is 0. The quantitative estimate of drug-likeness (QED) is 0.403. The Balaban J connectivity index is 4.04. The molecule has 0 radical (unpaired) electrons. The van der Waals surface area contributed by atoms with Gasteiger partial charge >= 0.3 is 12.1 Å². The van der Waals surface area contributed by atoms with E-state index < -0.39 is 18.1 Å². The van der Waals surface area contributed by atoms with Gasteiger partial charge in [-0.3, -0.25) is 4.90 Å². The molecule has 0 heterocycles. The standard InChI is InChI=1S/C14H23NO4/c1-6-9-19-14(17)15(5)12(4)13(16)18-10-7-8-11(2)3/h1,11-12H,7-10H2,2-5H3. The second-order valence-electron chi connectivity index (χ2n) is 4.75. The second-order valence-corrected chi connectivity index (χ2v) is 4.75. The lowest BCUT2D eigenvalue weighted by atomic mass is 10.1. The summed E-state index contributed by atoms with van der Waals surface area (Å²) in [7, 11) is 1.47. The van der Waals surface area contributed by atoms with Crippen molar-refractivity contribution in [2.24, 2.45) is 5.92 Å². The van der Waals surface area contributed by atoms with E-state index in [9.17, 15) is 9.59 Å². The maximum atomic E-state index is 11.7. The number of amides is 1. The first-order chi connectivity index (χ1) is 8.90. The molecule has 0 aliphatic rings. The molecule has 1 amide bonds. The first-order valence-electron chi connectivity index (χ1n) is 6.39. The van der Waals surface area contributed by atoms with Crippen LogP contribution in [0.4, 0.5) is 4.79 Å². The Morgan fingerprint density at radius 2 is 1.89 bits per heavy atom. The van der Waals surface area contributed by atoms with Crippen LogP contribution < -0.4 is 0 Å². The maximum absolute atomic E-state index is 11.7. The molecule has 0 fully saturated rings. The Hall–Kier alpha value is -1.70. The van der Waals surface area contributed by atoms with E-state index >= 15 is 0 Å². The molecule has 0 aromatic carbocycles. The molecule has 108 valence electrons. The molecule has 0 aliphatic carbocycles. The smallest absolute Gasteiger partial charge is 0.411 e. The van der Waals surface area contributed by atoms with Gasteiger partial charge in [0, 0.05) is 7.05 Å². The zero-order valence-electron chi connectivity index (χ0n) is 12.1. The molecule has 1 unspecified atom stereocenters. The largest absolute Gasteiger partial charge is 0.464 e. The van der Waals surface area contributed by atoms with E-state index in [0.29, 0.717) is 12.5 Å². The van der Waals surface area contributed by atoms with Crippen molar-refractivity contribution in [3.63, 3.8) is 0 Å². The summed E-state index contributed by atoms with van der Waals surface area (Å²) in [6.07, 6.45) is 6.17. The molecule has 5 nitrogen and oxygen atoms in total.